The molecule has 0 spiro atoms. The quantitative estimate of drug-likeness (QED) is 0.186. The zero-order chi connectivity index (χ0) is 15.6. The molecule has 0 saturated heterocycles. The van der Waals surface area contributed by atoms with Gasteiger partial charge in [-0.15, -0.1) is 0 Å². The summed E-state index contributed by atoms with van der Waals surface area (Å²) in [5.74, 6) is -0.702. The SMILES string of the molecule is C=CC(=O)OCCCCC[N+](C)(C)CCCS(=O)(=O)[O-]. The number of rotatable bonds is 11. The van der Waals surface area contributed by atoms with Crippen LogP contribution in [-0.4, -0.2) is 63.0 Å². The van der Waals surface area contributed by atoms with E-state index in [1.807, 2.05) is 14.1 Å². The van der Waals surface area contributed by atoms with Crippen LogP contribution in [0.15, 0.2) is 12.7 Å². The Morgan fingerprint density at radius 3 is 2.35 bits per heavy atom. The summed E-state index contributed by atoms with van der Waals surface area (Å²) in [4.78, 5) is 10.8. The van der Waals surface area contributed by atoms with E-state index in [-0.39, 0.29) is 5.75 Å². The van der Waals surface area contributed by atoms with Crippen molar-refractivity contribution in [3.63, 3.8) is 0 Å². The Balaban J connectivity index is 3.66. The Hall–Kier alpha value is -0.920. The predicted molar refractivity (Wildman–Crippen MR) is 76.0 cm³/mol. The third kappa shape index (κ3) is 12.1. The van der Waals surface area contributed by atoms with Gasteiger partial charge in [-0.1, -0.05) is 6.58 Å². The van der Waals surface area contributed by atoms with Gasteiger partial charge in [-0.25, -0.2) is 13.2 Å². The predicted octanol–water partition coefficient (Wildman–Crippen LogP) is 0.898. The summed E-state index contributed by atoms with van der Waals surface area (Å²) >= 11 is 0. The number of carbonyl (C=O) groups is 1. The molecule has 6 nitrogen and oxygen atoms in total. The molecule has 0 aromatic carbocycles. The van der Waals surface area contributed by atoms with E-state index in [1.54, 1.807) is 0 Å². The number of carbonyl (C=O) groups excluding carboxylic acids is 1. The Kier molecular flexibility index (Phi) is 8.68. The fourth-order valence-electron chi connectivity index (χ4n) is 1.83. The lowest BCUT2D eigenvalue weighted by Crippen LogP contribution is -2.41. The summed E-state index contributed by atoms with van der Waals surface area (Å²) in [6, 6.07) is 0. The van der Waals surface area contributed by atoms with Gasteiger partial charge >= 0.3 is 5.97 Å². The molecule has 0 aromatic heterocycles. The van der Waals surface area contributed by atoms with E-state index >= 15 is 0 Å². The van der Waals surface area contributed by atoms with Crippen LogP contribution < -0.4 is 0 Å². The van der Waals surface area contributed by atoms with Crippen LogP contribution in [0.1, 0.15) is 25.7 Å². The summed E-state index contributed by atoms with van der Waals surface area (Å²) in [6.45, 7) is 5.26. The van der Waals surface area contributed by atoms with Crippen molar-refractivity contribution < 1.29 is 27.0 Å². The van der Waals surface area contributed by atoms with Gasteiger partial charge in [0, 0.05) is 18.2 Å². The standard InChI is InChI=1S/C13H25NO5S/c1-4-13(15)19-11-7-5-6-9-14(2,3)10-8-12-20(16,17)18/h4H,1,5-12H2,2-3H3. The summed E-state index contributed by atoms with van der Waals surface area (Å²) < 4.78 is 37.1. The number of unbranched alkanes of at least 4 members (excludes halogenated alkanes) is 2. The summed E-state index contributed by atoms with van der Waals surface area (Å²) in [6.07, 6.45) is 4.23. The Morgan fingerprint density at radius 1 is 1.20 bits per heavy atom. The molecule has 0 aliphatic heterocycles. The molecule has 0 atom stereocenters. The van der Waals surface area contributed by atoms with E-state index < -0.39 is 16.1 Å². The van der Waals surface area contributed by atoms with Gasteiger partial charge in [0.25, 0.3) is 0 Å². The molecule has 0 unspecified atom stereocenters. The number of ether oxygens (including phenoxy) is 1. The van der Waals surface area contributed by atoms with E-state index in [9.17, 15) is 17.8 Å². The lowest BCUT2D eigenvalue weighted by atomic mass is 10.2. The van der Waals surface area contributed by atoms with Gasteiger partial charge in [-0.05, 0) is 19.3 Å². The highest BCUT2D eigenvalue weighted by Gasteiger charge is 2.14. The number of quaternary nitrogens is 1. The average Bonchev–Trinajstić information content (AvgIpc) is 2.31. The van der Waals surface area contributed by atoms with Crippen molar-refractivity contribution in [2.75, 3.05) is 39.5 Å². The molecule has 0 radical (unpaired) electrons. The Bertz CT molecular complexity index is 403. The van der Waals surface area contributed by atoms with E-state index in [1.165, 1.54) is 0 Å². The first-order valence-electron chi connectivity index (χ1n) is 6.71. The summed E-state index contributed by atoms with van der Waals surface area (Å²) in [5, 5.41) is 0. The molecule has 20 heavy (non-hydrogen) atoms. The summed E-state index contributed by atoms with van der Waals surface area (Å²) in [5.41, 5.74) is 0. The molecule has 0 fully saturated rings. The first kappa shape index (κ1) is 19.1. The summed E-state index contributed by atoms with van der Waals surface area (Å²) in [7, 11) is -0.0881. The third-order valence-electron chi connectivity index (χ3n) is 2.98. The first-order chi connectivity index (χ1) is 9.16. The maximum Gasteiger partial charge on any atom is 0.330 e. The minimum Gasteiger partial charge on any atom is -0.748 e. The molecule has 0 saturated carbocycles. The molecule has 0 N–H and O–H groups in total. The molecule has 0 bridgehead atoms. The normalized spacial score (nSPS) is 12.2. The molecule has 0 aliphatic carbocycles. The highest BCUT2D eigenvalue weighted by Crippen LogP contribution is 2.06. The van der Waals surface area contributed by atoms with Gasteiger partial charge in [0.15, 0.2) is 0 Å². The number of nitrogens with zero attached hydrogens (tertiary/aromatic N) is 1. The van der Waals surface area contributed by atoms with Crippen molar-refractivity contribution in [1.29, 1.82) is 0 Å². The largest absolute Gasteiger partial charge is 0.748 e. The van der Waals surface area contributed by atoms with Gasteiger partial charge in [0.1, 0.15) is 0 Å². The van der Waals surface area contributed by atoms with Crippen molar-refractivity contribution in [2.45, 2.75) is 25.7 Å². The van der Waals surface area contributed by atoms with Crippen LogP contribution in [0.2, 0.25) is 0 Å². The van der Waals surface area contributed by atoms with E-state index in [4.69, 9.17) is 4.74 Å². The van der Waals surface area contributed by atoms with Crippen molar-refractivity contribution in [3.05, 3.63) is 12.7 Å². The lowest BCUT2D eigenvalue weighted by molar-refractivity contribution is -0.890. The molecule has 7 heteroatoms. The molecule has 0 aliphatic rings. The van der Waals surface area contributed by atoms with Gasteiger partial charge in [0.05, 0.1) is 43.9 Å². The highest BCUT2D eigenvalue weighted by atomic mass is 32.2. The van der Waals surface area contributed by atoms with Gasteiger partial charge in [0.2, 0.25) is 0 Å². The molecule has 0 heterocycles. The minimum absolute atomic E-state index is 0.299. The van der Waals surface area contributed by atoms with Crippen LogP contribution in [0.4, 0.5) is 0 Å². The zero-order valence-corrected chi connectivity index (χ0v) is 13.2. The maximum atomic E-state index is 10.8. The van der Waals surface area contributed by atoms with Crippen LogP contribution in [0.3, 0.4) is 0 Å². The van der Waals surface area contributed by atoms with Crippen LogP contribution >= 0.6 is 0 Å². The maximum absolute atomic E-state index is 10.8. The molecular weight excluding hydrogens is 282 g/mol. The number of hydrogen-bond donors (Lipinski definition) is 0. The van der Waals surface area contributed by atoms with E-state index in [2.05, 4.69) is 6.58 Å². The van der Waals surface area contributed by atoms with Crippen molar-refractivity contribution in [1.82, 2.24) is 0 Å². The van der Waals surface area contributed by atoms with Gasteiger partial charge in [-0.3, -0.25) is 0 Å². The topological polar surface area (TPSA) is 83.5 Å². The second kappa shape index (κ2) is 9.10. The highest BCUT2D eigenvalue weighted by molar-refractivity contribution is 7.85. The monoisotopic (exact) mass is 307 g/mol. The Labute approximate surface area is 121 Å². The minimum atomic E-state index is -4.11. The van der Waals surface area contributed by atoms with Crippen molar-refractivity contribution >= 4 is 16.1 Å². The van der Waals surface area contributed by atoms with Gasteiger partial charge in [-0.2, -0.15) is 0 Å². The smallest absolute Gasteiger partial charge is 0.330 e. The number of esters is 1. The molecule has 0 rings (SSSR count). The van der Waals surface area contributed by atoms with Crippen LogP contribution in [0.5, 0.6) is 0 Å². The zero-order valence-electron chi connectivity index (χ0n) is 12.3. The van der Waals surface area contributed by atoms with E-state index in [0.29, 0.717) is 24.1 Å². The fourth-order valence-corrected chi connectivity index (χ4v) is 2.31. The van der Waals surface area contributed by atoms with Gasteiger partial charge < -0.3 is 13.8 Å². The van der Waals surface area contributed by atoms with Crippen molar-refractivity contribution in [2.24, 2.45) is 0 Å². The molecule has 0 amide bonds. The second-order valence-corrected chi connectivity index (χ2v) is 6.95. The molecule has 118 valence electrons. The van der Waals surface area contributed by atoms with Crippen LogP contribution in [0.25, 0.3) is 0 Å². The second-order valence-electron chi connectivity index (χ2n) is 5.43. The molecular formula is C13H25NO5S. The third-order valence-corrected chi connectivity index (χ3v) is 3.77. The number of hydrogen-bond acceptors (Lipinski definition) is 5. The van der Waals surface area contributed by atoms with Crippen LogP contribution in [-0.2, 0) is 19.6 Å². The molecule has 0 aromatic rings. The van der Waals surface area contributed by atoms with E-state index in [0.717, 1.165) is 31.9 Å². The Morgan fingerprint density at radius 2 is 1.80 bits per heavy atom. The first-order valence-corrected chi connectivity index (χ1v) is 8.29. The fraction of sp³-hybridized carbons (Fsp3) is 0.769. The average molecular weight is 307 g/mol. The van der Waals surface area contributed by atoms with Crippen molar-refractivity contribution in [3.8, 4) is 0 Å². The van der Waals surface area contributed by atoms with Crippen LogP contribution in [0, 0.1) is 0 Å². The lowest BCUT2D eigenvalue weighted by Gasteiger charge is -2.30.